The van der Waals surface area contributed by atoms with Crippen LogP contribution in [0.15, 0.2) is 84.0 Å². The average molecular weight is 565 g/mol. The van der Waals surface area contributed by atoms with Gasteiger partial charge in [0.1, 0.15) is 5.75 Å². The summed E-state index contributed by atoms with van der Waals surface area (Å²) < 4.78 is 10.9. The molecule has 0 aromatic heterocycles. The Hall–Kier alpha value is -3.11. The molecule has 40 heavy (non-hydrogen) atoms. The standard InChI is InChI=1S/C20H21ClO4.C15H24/c1-13(2)24-19(23)20(3,4)25-17-11-7-15(8-12-17)18(22)14-5-9-16(21)10-6-14;1-13-7-5-8-14(2)10-12-15(3,4)11-6-9-13/h5-13H,1-4H3;6-7,10-11H,5,8-9,12H2,1-4H3. The Morgan fingerprint density at radius 1 is 0.900 bits per heavy atom. The second-order valence-electron chi connectivity index (χ2n) is 11.9. The van der Waals surface area contributed by atoms with Crippen LogP contribution in [0.1, 0.15) is 97.0 Å². The Kier molecular flexibility index (Phi) is 12.4. The predicted molar refractivity (Wildman–Crippen MR) is 166 cm³/mol. The smallest absolute Gasteiger partial charge is 0.350 e. The first-order chi connectivity index (χ1) is 18.7. The number of ether oxygens (including phenoxy) is 2. The zero-order chi connectivity index (χ0) is 29.9. The monoisotopic (exact) mass is 564 g/mol. The van der Waals surface area contributed by atoms with Crippen LogP contribution in [0.3, 0.4) is 0 Å². The number of ketones is 1. The molecule has 0 unspecified atom stereocenters. The molecule has 2 aromatic rings. The van der Waals surface area contributed by atoms with Gasteiger partial charge >= 0.3 is 5.97 Å². The minimum atomic E-state index is -1.12. The fourth-order valence-corrected chi connectivity index (χ4v) is 4.06. The van der Waals surface area contributed by atoms with Gasteiger partial charge in [-0.3, -0.25) is 4.79 Å². The van der Waals surface area contributed by atoms with Crippen LogP contribution in [-0.2, 0) is 9.53 Å². The van der Waals surface area contributed by atoms with E-state index in [1.807, 2.05) is 0 Å². The summed E-state index contributed by atoms with van der Waals surface area (Å²) in [6, 6.07) is 13.4. The lowest BCUT2D eigenvalue weighted by Crippen LogP contribution is -2.40. The molecular formula is C35H45ClO4. The van der Waals surface area contributed by atoms with Crippen LogP contribution in [0, 0.1) is 5.41 Å². The molecule has 4 nitrogen and oxygen atoms in total. The molecule has 1 aliphatic carbocycles. The van der Waals surface area contributed by atoms with Crippen molar-refractivity contribution in [1.29, 1.82) is 0 Å². The molecule has 0 spiro atoms. The van der Waals surface area contributed by atoms with Crippen molar-refractivity contribution in [2.75, 3.05) is 0 Å². The highest BCUT2D eigenvalue weighted by atomic mass is 35.5. The van der Waals surface area contributed by atoms with Crippen molar-refractivity contribution in [2.24, 2.45) is 5.41 Å². The summed E-state index contributed by atoms with van der Waals surface area (Å²) in [6.45, 7) is 16.0. The highest BCUT2D eigenvalue weighted by Gasteiger charge is 2.32. The second-order valence-corrected chi connectivity index (χ2v) is 12.3. The minimum absolute atomic E-state index is 0.110. The van der Waals surface area contributed by atoms with Gasteiger partial charge in [-0.05, 0) is 121 Å². The molecule has 0 saturated heterocycles. The van der Waals surface area contributed by atoms with Gasteiger partial charge in [-0.2, -0.15) is 0 Å². The highest BCUT2D eigenvalue weighted by molar-refractivity contribution is 6.30. The molecule has 0 amide bonds. The number of rotatable bonds is 6. The normalized spacial score (nSPS) is 15.6. The van der Waals surface area contributed by atoms with Gasteiger partial charge in [-0.15, -0.1) is 0 Å². The average Bonchev–Trinajstić information content (AvgIpc) is 2.90. The fourth-order valence-electron chi connectivity index (χ4n) is 3.94. The van der Waals surface area contributed by atoms with Crippen LogP contribution in [0.25, 0.3) is 0 Å². The van der Waals surface area contributed by atoms with Crippen molar-refractivity contribution in [3.63, 3.8) is 0 Å². The Labute approximate surface area is 246 Å². The van der Waals surface area contributed by atoms with E-state index in [1.165, 1.54) is 24.0 Å². The van der Waals surface area contributed by atoms with Crippen molar-refractivity contribution in [3.8, 4) is 5.75 Å². The first-order valence-corrected chi connectivity index (χ1v) is 14.4. The maximum absolute atomic E-state index is 12.4. The molecule has 0 aliphatic heterocycles. The van der Waals surface area contributed by atoms with Gasteiger partial charge in [0.25, 0.3) is 0 Å². The largest absolute Gasteiger partial charge is 0.476 e. The summed E-state index contributed by atoms with van der Waals surface area (Å²) in [5, 5.41) is 0.579. The van der Waals surface area contributed by atoms with Crippen LogP contribution >= 0.6 is 11.6 Å². The molecule has 0 heterocycles. The van der Waals surface area contributed by atoms with E-state index in [0.29, 0.717) is 27.3 Å². The Balaban J connectivity index is 0.000000319. The van der Waals surface area contributed by atoms with Gasteiger partial charge in [0, 0.05) is 16.1 Å². The number of carbonyl (C=O) groups is 2. The maximum Gasteiger partial charge on any atom is 0.350 e. The molecule has 0 atom stereocenters. The summed E-state index contributed by atoms with van der Waals surface area (Å²) in [7, 11) is 0. The Bertz CT molecular complexity index is 1210. The van der Waals surface area contributed by atoms with Crippen molar-refractivity contribution in [1.82, 2.24) is 0 Å². The second kappa shape index (κ2) is 15.0. The highest BCUT2D eigenvalue weighted by Crippen LogP contribution is 2.26. The van der Waals surface area contributed by atoms with Gasteiger partial charge in [-0.25, -0.2) is 4.79 Å². The molecule has 0 radical (unpaired) electrons. The van der Waals surface area contributed by atoms with E-state index in [-0.39, 0.29) is 11.9 Å². The Morgan fingerprint density at radius 2 is 1.48 bits per heavy atom. The number of hydrogen-bond donors (Lipinski definition) is 0. The third-order valence-electron chi connectivity index (χ3n) is 6.45. The lowest BCUT2D eigenvalue weighted by molar-refractivity contribution is -0.163. The molecule has 0 N–H and O–H groups in total. The summed E-state index contributed by atoms with van der Waals surface area (Å²) in [5.74, 6) is -0.0659. The lowest BCUT2D eigenvalue weighted by atomic mass is 9.87. The molecule has 0 fully saturated rings. The maximum atomic E-state index is 12.4. The molecule has 1 aliphatic rings. The molecule has 5 heteroatoms. The molecule has 3 rings (SSSR count). The molecular weight excluding hydrogens is 520 g/mol. The number of allylic oxidation sites excluding steroid dienone is 6. The summed E-state index contributed by atoms with van der Waals surface area (Å²) in [6.07, 6.45) is 13.9. The van der Waals surface area contributed by atoms with Crippen molar-refractivity contribution in [3.05, 3.63) is 100 Å². The minimum Gasteiger partial charge on any atom is -0.476 e. The van der Waals surface area contributed by atoms with Crippen molar-refractivity contribution < 1.29 is 19.1 Å². The summed E-state index contributed by atoms with van der Waals surface area (Å²) >= 11 is 5.84. The van der Waals surface area contributed by atoms with Crippen LogP contribution in [0.4, 0.5) is 0 Å². The van der Waals surface area contributed by atoms with E-state index < -0.39 is 11.6 Å². The number of hydrogen-bond acceptors (Lipinski definition) is 4. The predicted octanol–water partition coefficient (Wildman–Crippen LogP) is 9.72. The zero-order valence-corrected chi connectivity index (χ0v) is 26.1. The van der Waals surface area contributed by atoms with Gasteiger partial charge in [0.05, 0.1) is 6.10 Å². The number of carbonyl (C=O) groups excluding carboxylic acids is 2. The lowest BCUT2D eigenvalue weighted by Gasteiger charge is -2.25. The van der Waals surface area contributed by atoms with Gasteiger partial charge in [0.2, 0.25) is 0 Å². The zero-order valence-electron chi connectivity index (χ0n) is 25.3. The van der Waals surface area contributed by atoms with Crippen LogP contribution < -0.4 is 4.74 Å². The molecule has 0 saturated carbocycles. The van der Waals surface area contributed by atoms with Crippen molar-refractivity contribution >= 4 is 23.4 Å². The third-order valence-corrected chi connectivity index (χ3v) is 6.70. The third kappa shape index (κ3) is 11.6. The first kappa shape index (κ1) is 33.1. The SMILES string of the molecule is CC(C)OC(=O)C(C)(C)Oc1ccc(C(=O)c2ccc(Cl)cc2)cc1.CC1=CCCC(C)=CCC(C)(C)C=CC1. The van der Waals surface area contributed by atoms with Gasteiger partial charge < -0.3 is 9.47 Å². The quantitative estimate of drug-likeness (QED) is 0.199. The number of halogens is 1. The summed E-state index contributed by atoms with van der Waals surface area (Å²) in [4.78, 5) is 24.5. The fraction of sp³-hybridized carbons (Fsp3) is 0.429. The molecule has 216 valence electrons. The van der Waals surface area contributed by atoms with Crippen molar-refractivity contribution in [2.45, 2.75) is 92.8 Å². The molecule has 0 bridgehead atoms. The van der Waals surface area contributed by atoms with Gasteiger partial charge in [0.15, 0.2) is 11.4 Å². The summed E-state index contributed by atoms with van der Waals surface area (Å²) in [5.41, 5.74) is 3.30. The van der Waals surface area contributed by atoms with E-state index in [0.717, 1.165) is 12.8 Å². The van der Waals surface area contributed by atoms with Gasteiger partial charge in [-0.1, -0.05) is 60.9 Å². The van der Waals surface area contributed by atoms with E-state index in [1.54, 1.807) is 76.2 Å². The topological polar surface area (TPSA) is 52.6 Å². The first-order valence-electron chi connectivity index (χ1n) is 14.0. The van der Waals surface area contributed by atoms with Crippen LogP contribution in [0.5, 0.6) is 5.75 Å². The van der Waals surface area contributed by atoms with E-state index in [4.69, 9.17) is 21.1 Å². The number of benzene rings is 2. The Morgan fingerprint density at radius 3 is 2.05 bits per heavy atom. The van der Waals surface area contributed by atoms with Crippen LogP contribution in [0.2, 0.25) is 5.02 Å². The molecule has 2 aromatic carbocycles. The van der Waals surface area contributed by atoms with Crippen LogP contribution in [-0.4, -0.2) is 23.5 Å². The van der Waals surface area contributed by atoms with E-state index in [9.17, 15) is 9.59 Å². The van der Waals surface area contributed by atoms with E-state index >= 15 is 0 Å². The van der Waals surface area contributed by atoms with E-state index in [2.05, 4.69) is 52.0 Å². The number of esters is 1.